The van der Waals surface area contributed by atoms with Gasteiger partial charge in [0.1, 0.15) is 17.8 Å². The Morgan fingerprint density at radius 1 is 1.33 bits per heavy atom. The van der Waals surface area contributed by atoms with Crippen LogP contribution in [0.3, 0.4) is 0 Å². The molecule has 1 aliphatic heterocycles. The van der Waals surface area contributed by atoms with Crippen molar-refractivity contribution < 1.29 is 14.6 Å². The molecule has 2 aromatic heterocycles. The quantitative estimate of drug-likeness (QED) is 0.486. The van der Waals surface area contributed by atoms with E-state index in [4.69, 9.17) is 16.3 Å². The predicted octanol–water partition coefficient (Wildman–Crippen LogP) is 2.85. The second-order valence-electron chi connectivity index (χ2n) is 8.35. The molecule has 1 atom stereocenters. The number of amides is 1. The van der Waals surface area contributed by atoms with Gasteiger partial charge in [-0.3, -0.25) is 9.36 Å². The summed E-state index contributed by atoms with van der Waals surface area (Å²) in [6.07, 6.45) is 6.69. The van der Waals surface area contributed by atoms with Gasteiger partial charge in [-0.1, -0.05) is 23.7 Å². The Hall–Kier alpha value is -3.01. The van der Waals surface area contributed by atoms with Crippen LogP contribution in [0.15, 0.2) is 43.0 Å². The largest absolute Gasteiger partial charge is 0.394 e. The van der Waals surface area contributed by atoms with Crippen LogP contribution in [0.5, 0.6) is 0 Å². The highest BCUT2D eigenvalue weighted by molar-refractivity contribution is 6.30. The third-order valence-electron chi connectivity index (χ3n) is 5.73. The molecule has 3 N–H and O–H groups in total. The molecule has 1 saturated heterocycles. The number of aliphatic hydroxyl groups excluding tert-OH is 1. The first-order valence-electron chi connectivity index (χ1n) is 10.8. The van der Waals surface area contributed by atoms with E-state index < -0.39 is 11.4 Å². The smallest absolute Gasteiger partial charge is 0.272 e. The third-order valence-corrected chi connectivity index (χ3v) is 5.96. The number of anilines is 1. The van der Waals surface area contributed by atoms with Crippen molar-refractivity contribution in [1.29, 1.82) is 0 Å². The Morgan fingerprint density at radius 2 is 2.12 bits per heavy atom. The van der Waals surface area contributed by atoms with Crippen molar-refractivity contribution in [2.24, 2.45) is 0 Å². The maximum Gasteiger partial charge on any atom is 0.272 e. The first kappa shape index (κ1) is 23.2. The predicted molar refractivity (Wildman–Crippen MR) is 125 cm³/mol. The minimum atomic E-state index is -1.02. The van der Waals surface area contributed by atoms with Crippen LogP contribution in [0.4, 0.5) is 5.95 Å². The van der Waals surface area contributed by atoms with Crippen molar-refractivity contribution in [1.82, 2.24) is 24.8 Å². The lowest BCUT2D eigenvalue weighted by molar-refractivity contribution is 0.0845. The molecule has 0 bridgehead atoms. The van der Waals surface area contributed by atoms with E-state index in [2.05, 4.69) is 25.6 Å². The summed E-state index contributed by atoms with van der Waals surface area (Å²) in [7, 11) is 0. The topological polar surface area (TPSA) is 114 Å². The van der Waals surface area contributed by atoms with E-state index in [1.54, 1.807) is 48.1 Å². The molecule has 0 spiro atoms. The molecule has 0 aliphatic carbocycles. The van der Waals surface area contributed by atoms with Gasteiger partial charge in [0.05, 0.1) is 12.1 Å². The zero-order valence-electron chi connectivity index (χ0n) is 18.6. The number of imidazole rings is 1. The van der Waals surface area contributed by atoms with Crippen LogP contribution >= 0.6 is 11.6 Å². The van der Waals surface area contributed by atoms with Gasteiger partial charge >= 0.3 is 0 Å². The third kappa shape index (κ3) is 5.32. The molecule has 4 rings (SSSR count). The van der Waals surface area contributed by atoms with Crippen LogP contribution in [-0.4, -0.2) is 56.4 Å². The fourth-order valence-corrected chi connectivity index (χ4v) is 3.88. The van der Waals surface area contributed by atoms with E-state index in [-0.39, 0.29) is 18.3 Å². The number of aliphatic hydroxyl groups is 1. The maximum atomic E-state index is 12.9. The second kappa shape index (κ2) is 9.86. The van der Waals surface area contributed by atoms with E-state index in [1.165, 1.54) is 6.33 Å². The monoisotopic (exact) mass is 470 g/mol. The van der Waals surface area contributed by atoms with Gasteiger partial charge in [-0.2, -0.15) is 4.98 Å². The average Bonchev–Trinajstić information content (AvgIpc) is 3.31. The van der Waals surface area contributed by atoms with Gasteiger partial charge in [0.2, 0.25) is 5.95 Å². The number of carbonyl (C=O) groups excluding carboxylic acids is 1. The number of halogens is 1. The number of ether oxygens (including phenoxy) is 1. The van der Waals surface area contributed by atoms with Gasteiger partial charge in [-0.25, -0.2) is 9.97 Å². The van der Waals surface area contributed by atoms with Crippen LogP contribution < -0.4 is 10.6 Å². The van der Waals surface area contributed by atoms with Crippen LogP contribution in [0, 0.1) is 6.92 Å². The second-order valence-corrected chi connectivity index (χ2v) is 8.79. The zero-order valence-corrected chi connectivity index (χ0v) is 19.3. The van der Waals surface area contributed by atoms with Crippen LogP contribution in [0.25, 0.3) is 5.82 Å². The number of aromatic nitrogens is 4. The number of hydrogen-bond donors (Lipinski definition) is 3. The normalized spacial score (nSPS) is 16.2. The van der Waals surface area contributed by atoms with E-state index in [0.717, 1.165) is 31.6 Å². The van der Waals surface area contributed by atoms with E-state index in [9.17, 15) is 9.90 Å². The minimum absolute atomic E-state index is 0.202. The van der Waals surface area contributed by atoms with Crippen molar-refractivity contribution >= 4 is 23.5 Å². The molecule has 9 nitrogen and oxygen atoms in total. The first-order valence-corrected chi connectivity index (χ1v) is 11.2. The molecule has 1 aromatic carbocycles. The molecule has 3 aromatic rings. The summed E-state index contributed by atoms with van der Waals surface area (Å²) >= 11 is 6.09. The number of benzene rings is 1. The van der Waals surface area contributed by atoms with Crippen molar-refractivity contribution in [2.45, 2.75) is 38.3 Å². The number of aryl methyl sites for hydroxylation is 1. The summed E-state index contributed by atoms with van der Waals surface area (Å²) in [5.41, 5.74) is 0.725. The lowest BCUT2D eigenvalue weighted by Gasteiger charge is -2.29. The highest BCUT2D eigenvalue weighted by Gasteiger charge is 2.29. The summed E-state index contributed by atoms with van der Waals surface area (Å²) in [5, 5.41) is 16.7. The van der Waals surface area contributed by atoms with Gasteiger partial charge in [-0.15, -0.1) is 0 Å². The molecular formula is C23H27ClN6O3. The Labute approximate surface area is 197 Å². The summed E-state index contributed by atoms with van der Waals surface area (Å²) < 4.78 is 7.09. The van der Waals surface area contributed by atoms with E-state index >= 15 is 0 Å². The van der Waals surface area contributed by atoms with Crippen molar-refractivity contribution in [3.05, 3.63) is 64.8 Å². The van der Waals surface area contributed by atoms with Crippen molar-refractivity contribution in [2.75, 3.05) is 25.1 Å². The molecule has 1 aliphatic rings. The molecule has 3 heterocycles. The standard InChI is InChI=1S/C23H27ClN6O3/c1-15-11-25-22(27-18-6-8-33-9-7-18)28-20(15)30-12-19(26-14-30)21(32)29-23(2,13-31)16-4-3-5-17(24)10-16/h3-5,10-12,14,18,31H,6-9,13H2,1-2H3,(H,29,32)(H,25,27,28)/t23-/m0/s1. The molecular weight excluding hydrogens is 444 g/mol. The van der Waals surface area contributed by atoms with Crippen LogP contribution in [0.1, 0.15) is 41.4 Å². The molecule has 0 unspecified atom stereocenters. The van der Waals surface area contributed by atoms with Crippen molar-refractivity contribution in [3.8, 4) is 5.82 Å². The summed E-state index contributed by atoms with van der Waals surface area (Å²) in [6.45, 7) is 4.77. The summed E-state index contributed by atoms with van der Waals surface area (Å²) in [4.78, 5) is 26.2. The van der Waals surface area contributed by atoms with Gasteiger partial charge in [-0.05, 0) is 44.4 Å². The van der Waals surface area contributed by atoms with Crippen molar-refractivity contribution in [3.63, 3.8) is 0 Å². The van der Waals surface area contributed by atoms with Gasteiger partial charge < -0.3 is 20.5 Å². The Balaban J connectivity index is 1.52. The molecule has 33 heavy (non-hydrogen) atoms. The number of nitrogens with one attached hydrogen (secondary N) is 2. The SMILES string of the molecule is Cc1cnc(NC2CCOCC2)nc1-n1cnc(C(=O)N[C@@](C)(CO)c2cccc(Cl)c2)c1. The zero-order chi connectivity index (χ0) is 23.4. The Kier molecular flexibility index (Phi) is 6.92. The lowest BCUT2D eigenvalue weighted by Crippen LogP contribution is -2.46. The van der Waals surface area contributed by atoms with Gasteiger partial charge in [0.15, 0.2) is 0 Å². The minimum Gasteiger partial charge on any atom is -0.394 e. The molecule has 174 valence electrons. The maximum absolute atomic E-state index is 12.9. The van der Waals surface area contributed by atoms with Crippen LogP contribution in [-0.2, 0) is 10.3 Å². The number of rotatable bonds is 7. The fourth-order valence-electron chi connectivity index (χ4n) is 3.69. The van der Waals surface area contributed by atoms with E-state index in [1.807, 2.05) is 6.92 Å². The number of carbonyl (C=O) groups is 1. The van der Waals surface area contributed by atoms with Crippen LogP contribution in [0.2, 0.25) is 5.02 Å². The highest BCUT2D eigenvalue weighted by Crippen LogP contribution is 2.24. The Morgan fingerprint density at radius 3 is 2.85 bits per heavy atom. The molecule has 1 amide bonds. The molecule has 1 fully saturated rings. The summed E-state index contributed by atoms with van der Waals surface area (Å²) in [6, 6.07) is 7.30. The van der Waals surface area contributed by atoms with E-state index in [0.29, 0.717) is 22.4 Å². The van der Waals surface area contributed by atoms with Gasteiger partial charge in [0.25, 0.3) is 5.91 Å². The lowest BCUT2D eigenvalue weighted by atomic mass is 9.92. The summed E-state index contributed by atoms with van der Waals surface area (Å²) in [5.74, 6) is 0.736. The highest BCUT2D eigenvalue weighted by atomic mass is 35.5. The number of hydrogen-bond acceptors (Lipinski definition) is 7. The number of nitrogens with zero attached hydrogens (tertiary/aromatic N) is 4. The molecule has 0 radical (unpaired) electrons. The average molecular weight is 471 g/mol. The molecule has 0 saturated carbocycles. The molecule has 10 heteroatoms. The van der Waals surface area contributed by atoms with Gasteiger partial charge in [0, 0.05) is 42.2 Å². The fraction of sp³-hybridized carbons (Fsp3) is 0.391. The Bertz CT molecular complexity index is 1130. The first-order chi connectivity index (χ1) is 15.9.